The number of amides is 1. The van der Waals surface area contributed by atoms with E-state index < -0.39 is 0 Å². The van der Waals surface area contributed by atoms with Crippen LogP contribution in [0.3, 0.4) is 0 Å². The van der Waals surface area contributed by atoms with Crippen LogP contribution in [0, 0.1) is 12.8 Å². The Morgan fingerprint density at radius 2 is 2.18 bits per heavy atom. The summed E-state index contributed by atoms with van der Waals surface area (Å²) in [5, 5.41) is 0. The lowest BCUT2D eigenvalue weighted by atomic mass is 9.92. The number of carbonyl (C=O) groups excluding carboxylic acids is 1. The van der Waals surface area contributed by atoms with Gasteiger partial charge in [-0.25, -0.2) is 0 Å². The average molecular weight is 306 g/mol. The Balaban J connectivity index is 1.97. The number of benzene rings is 1. The second-order valence-electron chi connectivity index (χ2n) is 6.05. The van der Waals surface area contributed by atoms with Crippen molar-refractivity contribution in [3.05, 3.63) is 23.8 Å². The van der Waals surface area contributed by atoms with Crippen LogP contribution < -0.4 is 15.2 Å². The van der Waals surface area contributed by atoms with Crippen LogP contribution in [0.5, 0.6) is 11.5 Å². The number of hydrogen-bond donors (Lipinski definition) is 1. The van der Waals surface area contributed by atoms with Crippen molar-refractivity contribution in [1.29, 1.82) is 0 Å². The number of piperidine rings is 1. The number of ether oxygens (including phenoxy) is 2. The maximum atomic E-state index is 12.4. The van der Waals surface area contributed by atoms with Crippen molar-refractivity contribution in [2.75, 3.05) is 26.8 Å². The fraction of sp³-hybridized carbons (Fsp3) is 0.588. The SMILES string of the molecule is COc1cc(C)ccc1OCC(=O)N1CCC(C)CC1CN. The predicted molar refractivity (Wildman–Crippen MR) is 86.2 cm³/mol. The Bertz CT molecular complexity index is 519. The zero-order valence-corrected chi connectivity index (χ0v) is 13.7. The molecule has 22 heavy (non-hydrogen) atoms. The monoisotopic (exact) mass is 306 g/mol. The Morgan fingerprint density at radius 1 is 1.41 bits per heavy atom. The minimum Gasteiger partial charge on any atom is -0.493 e. The molecule has 5 nitrogen and oxygen atoms in total. The number of methoxy groups -OCH3 is 1. The van der Waals surface area contributed by atoms with Crippen LogP contribution in [-0.2, 0) is 4.79 Å². The lowest BCUT2D eigenvalue weighted by molar-refractivity contribution is -0.137. The maximum absolute atomic E-state index is 12.4. The molecule has 1 heterocycles. The van der Waals surface area contributed by atoms with Crippen LogP contribution in [0.2, 0.25) is 0 Å². The summed E-state index contributed by atoms with van der Waals surface area (Å²) in [6, 6.07) is 5.79. The first-order chi connectivity index (χ1) is 10.5. The molecule has 1 saturated heterocycles. The molecule has 1 aliphatic heterocycles. The minimum absolute atomic E-state index is 0.00928. The van der Waals surface area contributed by atoms with E-state index in [-0.39, 0.29) is 18.6 Å². The third-order valence-electron chi connectivity index (χ3n) is 4.24. The van der Waals surface area contributed by atoms with E-state index in [1.165, 1.54) is 0 Å². The first-order valence-corrected chi connectivity index (χ1v) is 7.82. The quantitative estimate of drug-likeness (QED) is 0.903. The van der Waals surface area contributed by atoms with Gasteiger partial charge in [0.2, 0.25) is 0 Å². The van der Waals surface area contributed by atoms with Crippen molar-refractivity contribution in [3.8, 4) is 11.5 Å². The van der Waals surface area contributed by atoms with Crippen molar-refractivity contribution >= 4 is 5.91 Å². The van der Waals surface area contributed by atoms with Crippen molar-refractivity contribution in [2.45, 2.75) is 32.7 Å². The highest BCUT2D eigenvalue weighted by Gasteiger charge is 2.29. The van der Waals surface area contributed by atoms with E-state index in [1.807, 2.05) is 30.0 Å². The van der Waals surface area contributed by atoms with E-state index in [2.05, 4.69) is 6.92 Å². The normalized spacial score (nSPS) is 21.5. The third kappa shape index (κ3) is 3.91. The van der Waals surface area contributed by atoms with Crippen LogP contribution in [-0.4, -0.2) is 43.7 Å². The molecule has 122 valence electrons. The second-order valence-corrected chi connectivity index (χ2v) is 6.05. The zero-order chi connectivity index (χ0) is 16.1. The number of carbonyl (C=O) groups is 1. The molecule has 2 unspecified atom stereocenters. The van der Waals surface area contributed by atoms with Gasteiger partial charge in [-0.05, 0) is 43.4 Å². The number of likely N-dealkylation sites (tertiary alicyclic amines) is 1. The molecular formula is C17H26N2O3. The van der Waals surface area contributed by atoms with Crippen LogP contribution in [0.4, 0.5) is 0 Å². The first kappa shape index (κ1) is 16.6. The number of aryl methyl sites for hydroxylation is 1. The first-order valence-electron chi connectivity index (χ1n) is 7.82. The van der Waals surface area contributed by atoms with E-state index >= 15 is 0 Å². The molecule has 0 aliphatic carbocycles. The Kier molecular flexibility index (Phi) is 5.66. The van der Waals surface area contributed by atoms with Crippen LogP contribution in [0.1, 0.15) is 25.3 Å². The van der Waals surface area contributed by atoms with E-state index in [0.29, 0.717) is 24.0 Å². The van der Waals surface area contributed by atoms with Crippen molar-refractivity contribution in [3.63, 3.8) is 0 Å². The topological polar surface area (TPSA) is 64.8 Å². The summed E-state index contributed by atoms with van der Waals surface area (Å²) < 4.78 is 11.0. The average Bonchev–Trinajstić information content (AvgIpc) is 2.52. The summed E-state index contributed by atoms with van der Waals surface area (Å²) in [5.74, 6) is 1.85. The number of rotatable bonds is 5. The standard InChI is InChI=1S/C17H26N2O3/c1-12-4-5-15(16(9-12)21-3)22-11-17(20)19-7-6-13(2)8-14(19)10-18/h4-5,9,13-14H,6-8,10-11,18H2,1-3H3. The van der Waals surface area contributed by atoms with Crippen molar-refractivity contribution in [2.24, 2.45) is 11.7 Å². The molecule has 2 atom stereocenters. The fourth-order valence-electron chi connectivity index (χ4n) is 2.92. The van der Waals surface area contributed by atoms with E-state index in [0.717, 1.165) is 24.9 Å². The molecule has 1 amide bonds. The van der Waals surface area contributed by atoms with Gasteiger partial charge in [0.15, 0.2) is 18.1 Å². The molecule has 0 bridgehead atoms. The van der Waals surface area contributed by atoms with Gasteiger partial charge in [0.25, 0.3) is 5.91 Å². The van der Waals surface area contributed by atoms with Gasteiger partial charge < -0.3 is 20.1 Å². The number of nitrogens with two attached hydrogens (primary N) is 1. The van der Waals surface area contributed by atoms with Gasteiger partial charge in [-0.15, -0.1) is 0 Å². The van der Waals surface area contributed by atoms with Crippen LogP contribution in [0.15, 0.2) is 18.2 Å². The van der Waals surface area contributed by atoms with Gasteiger partial charge in [0.1, 0.15) is 0 Å². The molecule has 1 aromatic rings. The highest BCUT2D eigenvalue weighted by Crippen LogP contribution is 2.28. The summed E-state index contributed by atoms with van der Waals surface area (Å²) in [7, 11) is 1.60. The van der Waals surface area contributed by atoms with Gasteiger partial charge >= 0.3 is 0 Å². The molecule has 1 aliphatic rings. The number of hydrogen-bond acceptors (Lipinski definition) is 4. The van der Waals surface area contributed by atoms with Gasteiger partial charge in [-0.3, -0.25) is 4.79 Å². The Hall–Kier alpha value is -1.75. The molecule has 0 aromatic heterocycles. The van der Waals surface area contributed by atoms with Gasteiger partial charge in [0, 0.05) is 19.1 Å². The third-order valence-corrected chi connectivity index (χ3v) is 4.24. The molecule has 0 radical (unpaired) electrons. The predicted octanol–water partition coefficient (Wildman–Crippen LogP) is 1.97. The lowest BCUT2D eigenvalue weighted by Crippen LogP contribution is -2.50. The highest BCUT2D eigenvalue weighted by atomic mass is 16.5. The second kappa shape index (κ2) is 7.49. The van der Waals surface area contributed by atoms with Crippen molar-refractivity contribution < 1.29 is 14.3 Å². The Labute approximate surface area is 132 Å². The number of nitrogens with zero attached hydrogens (tertiary/aromatic N) is 1. The van der Waals surface area contributed by atoms with E-state index in [4.69, 9.17) is 15.2 Å². The highest BCUT2D eigenvalue weighted by molar-refractivity contribution is 5.78. The van der Waals surface area contributed by atoms with E-state index in [9.17, 15) is 4.79 Å². The van der Waals surface area contributed by atoms with E-state index in [1.54, 1.807) is 7.11 Å². The van der Waals surface area contributed by atoms with Crippen LogP contribution >= 0.6 is 0 Å². The summed E-state index contributed by atoms with van der Waals surface area (Å²) >= 11 is 0. The molecular weight excluding hydrogens is 280 g/mol. The van der Waals surface area contributed by atoms with Crippen molar-refractivity contribution in [1.82, 2.24) is 4.90 Å². The molecule has 2 rings (SSSR count). The van der Waals surface area contributed by atoms with Gasteiger partial charge in [-0.2, -0.15) is 0 Å². The minimum atomic E-state index is -0.00928. The molecule has 0 spiro atoms. The Morgan fingerprint density at radius 3 is 2.86 bits per heavy atom. The zero-order valence-electron chi connectivity index (χ0n) is 13.7. The summed E-state index contributed by atoms with van der Waals surface area (Å²) in [4.78, 5) is 14.3. The smallest absolute Gasteiger partial charge is 0.260 e. The van der Waals surface area contributed by atoms with Gasteiger partial charge in [0.05, 0.1) is 7.11 Å². The molecule has 0 saturated carbocycles. The summed E-state index contributed by atoms with van der Waals surface area (Å²) in [6.07, 6.45) is 1.99. The molecule has 1 aromatic carbocycles. The summed E-state index contributed by atoms with van der Waals surface area (Å²) in [5.41, 5.74) is 6.90. The van der Waals surface area contributed by atoms with Gasteiger partial charge in [-0.1, -0.05) is 13.0 Å². The largest absolute Gasteiger partial charge is 0.493 e. The fourth-order valence-corrected chi connectivity index (χ4v) is 2.92. The summed E-state index contributed by atoms with van der Waals surface area (Å²) in [6.45, 7) is 5.47. The molecule has 2 N–H and O–H groups in total. The lowest BCUT2D eigenvalue weighted by Gasteiger charge is -2.37. The molecule has 1 fully saturated rings. The maximum Gasteiger partial charge on any atom is 0.260 e. The van der Waals surface area contributed by atoms with Crippen LogP contribution in [0.25, 0.3) is 0 Å². The molecule has 5 heteroatoms.